The van der Waals surface area contributed by atoms with Gasteiger partial charge in [0, 0.05) is 9.77 Å². The maximum absolute atomic E-state index is 11.3. The molecular formula is C9H6INO3S. The van der Waals surface area contributed by atoms with E-state index >= 15 is 0 Å². The first-order chi connectivity index (χ1) is 7.13. The van der Waals surface area contributed by atoms with Crippen LogP contribution in [0.15, 0.2) is 12.3 Å². The Labute approximate surface area is 103 Å². The highest BCUT2D eigenvalue weighted by Gasteiger charge is 2.19. The first kappa shape index (κ1) is 10.6. The van der Waals surface area contributed by atoms with Crippen LogP contribution in [-0.4, -0.2) is 23.2 Å². The topological polar surface area (TPSA) is 59.4 Å². The number of nitrogens with zero attached hydrogens (tertiary/aromatic N) is 1. The highest BCUT2D eigenvalue weighted by molar-refractivity contribution is 14.1. The van der Waals surface area contributed by atoms with E-state index in [1.165, 1.54) is 7.11 Å². The molecule has 6 heteroatoms. The third-order valence-electron chi connectivity index (χ3n) is 1.86. The lowest BCUT2D eigenvalue weighted by atomic mass is 10.3. The third kappa shape index (κ3) is 1.78. The van der Waals surface area contributed by atoms with Crippen LogP contribution in [0.1, 0.15) is 9.67 Å². The smallest absolute Gasteiger partial charge is 0.351 e. The van der Waals surface area contributed by atoms with Gasteiger partial charge in [0.25, 0.3) is 0 Å². The summed E-state index contributed by atoms with van der Waals surface area (Å²) >= 11 is 3.22. The van der Waals surface area contributed by atoms with E-state index in [-0.39, 0.29) is 10.6 Å². The molecule has 0 aliphatic heterocycles. The summed E-state index contributed by atoms with van der Waals surface area (Å²) in [5.41, 5.74) is 0. The number of rotatable bonds is 1. The quantitative estimate of drug-likeness (QED) is 0.642. The van der Waals surface area contributed by atoms with Crippen LogP contribution in [0.3, 0.4) is 0 Å². The van der Waals surface area contributed by atoms with Crippen LogP contribution < -0.4 is 0 Å². The van der Waals surface area contributed by atoms with Gasteiger partial charge in [-0.3, -0.25) is 0 Å². The molecule has 0 aliphatic carbocycles. The summed E-state index contributed by atoms with van der Waals surface area (Å²) in [7, 11) is 1.28. The molecule has 15 heavy (non-hydrogen) atoms. The molecule has 1 N–H and O–H groups in total. The van der Waals surface area contributed by atoms with Gasteiger partial charge in [-0.25, -0.2) is 9.78 Å². The minimum absolute atomic E-state index is 0.0483. The number of carbonyl (C=O) groups is 1. The molecule has 0 aromatic carbocycles. The number of halogens is 1. The number of ether oxygens (including phenoxy) is 1. The molecule has 2 aromatic heterocycles. The second-order valence-electron chi connectivity index (χ2n) is 2.78. The summed E-state index contributed by atoms with van der Waals surface area (Å²) in [6.45, 7) is 0. The Kier molecular flexibility index (Phi) is 2.79. The first-order valence-corrected chi connectivity index (χ1v) is 5.88. The molecule has 2 aromatic rings. The molecule has 0 fully saturated rings. The molecule has 0 saturated heterocycles. The van der Waals surface area contributed by atoms with Gasteiger partial charge in [0.1, 0.15) is 4.83 Å². The van der Waals surface area contributed by atoms with Crippen LogP contribution in [0.2, 0.25) is 0 Å². The lowest BCUT2D eigenvalue weighted by Gasteiger charge is -1.94. The SMILES string of the molecule is COC(=O)c1sc2ncc(I)cc2c1O. The number of fused-ring (bicyclic) bond motifs is 1. The largest absolute Gasteiger partial charge is 0.505 e. The Morgan fingerprint density at radius 2 is 2.40 bits per heavy atom. The predicted octanol–water partition coefficient (Wildman–Crippen LogP) is 2.39. The monoisotopic (exact) mass is 335 g/mol. The summed E-state index contributed by atoms with van der Waals surface area (Å²) in [6.07, 6.45) is 1.68. The van der Waals surface area contributed by atoms with Crippen molar-refractivity contribution >= 4 is 50.1 Å². The molecule has 0 spiro atoms. The zero-order chi connectivity index (χ0) is 11.0. The fourth-order valence-corrected chi connectivity index (χ4v) is 2.56. The summed E-state index contributed by atoms with van der Waals surface area (Å²) in [4.78, 5) is 16.2. The summed E-state index contributed by atoms with van der Waals surface area (Å²) in [6, 6.07) is 1.78. The van der Waals surface area contributed by atoms with E-state index < -0.39 is 5.97 Å². The number of carbonyl (C=O) groups excluding carboxylic acids is 1. The number of hydrogen-bond donors (Lipinski definition) is 1. The van der Waals surface area contributed by atoms with Crippen LogP contribution in [0, 0.1) is 3.57 Å². The van der Waals surface area contributed by atoms with Crippen molar-refractivity contribution in [2.45, 2.75) is 0 Å². The summed E-state index contributed by atoms with van der Waals surface area (Å²) < 4.78 is 5.47. The van der Waals surface area contributed by atoms with Crippen molar-refractivity contribution in [1.29, 1.82) is 0 Å². The summed E-state index contributed by atoms with van der Waals surface area (Å²) in [5, 5.41) is 10.4. The molecule has 2 heterocycles. The molecule has 0 amide bonds. The second-order valence-corrected chi connectivity index (χ2v) is 5.02. The van der Waals surface area contributed by atoms with Crippen LogP contribution in [0.5, 0.6) is 5.75 Å². The second kappa shape index (κ2) is 3.93. The number of hydrogen-bond acceptors (Lipinski definition) is 5. The number of aromatic hydroxyl groups is 1. The van der Waals surface area contributed by atoms with Gasteiger partial charge >= 0.3 is 5.97 Å². The molecule has 0 radical (unpaired) electrons. The van der Waals surface area contributed by atoms with Crippen LogP contribution in [-0.2, 0) is 4.74 Å². The highest BCUT2D eigenvalue weighted by atomic mass is 127. The average Bonchev–Trinajstić information content (AvgIpc) is 2.55. The van der Waals surface area contributed by atoms with Gasteiger partial charge in [0.2, 0.25) is 0 Å². The van der Waals surface area contributed by atoms with Gasteiger partial charge in [0.05, 0.1) is 12.5 Å². The molecule has 78 valence electrons. The van der Waals surface area contributed by atoms with E-state index in [1.54, 1.807) is 12.3 Å². The lowest BCUT2D eigenvalue weighted by molar-refractivity contribution is 0.0603. The summed E-state index contributed by atoms with van der Waals surface area (Å²) in [5.74, 6) is -0.585. The van der Waals surface area contributed by atoms with E-state index in [0.717, 1.165) is 14.9 Å². The number of aromatic nitrogens is 1. The van der Waals surface area contributed by atoms with Gasteiger partial charge in [-0.1, -0.05) is 0 Å². The molecule has 0 aliphatic rings. The fraction of sp³-hybridized carbons (Fsp3) is 0.111. The number of pyridine rings is 1. The Morgan fingerprint density at radius 1 is 1.67 bits per heavy atom. The highest BCUT2D eigenvalue weighted by Crippen LogP contribution is 2.36. The third-order valence-corrected chi connectivity index (χ3v) is 3.53. The van der Waals surface area contributed by atoms with E-state index in [4.69, 9.17) is 0 Å². The van der Waals surface area contributed by atoms with Crippen LogP contribution in [0.25, 0.3) is 10.2 Å². The lowest BCUT2D eigenvalue weighted by Crippen LogP contribution is -1.97. The molecule has 2 rings (SSSR count). The molecule has 0 saturated carbocycles. The van der Waals surface area contributed by atoms with Crippen molar-refractivity contribution in [2.75, 3.05) is 7.11 Å². The normalized spacial score (nSPS) is 10.5. The Balaban J connectivity index is 2.69. The minimum atomic E-state index is -0.537. The van der Waals surface area contributed by atoms with Gasteiger partial charge < -0.3 is 9.84 Å². The van der Waals surface area contributed by atoms with Crippen LogP contribution >= 0.6 is 33.9 Å². The molecular weight excluding hydrogens is 329 g/mol. The van der Waals surface area contributed by atoms with Crippen molar-refractivity contribution in [3.8, 4) is 5.75 Å². The van der Waals surface area contributed by atoms with E-state index in [1.807, 2.05) is 0 Å². The van der Waals surface area contributed by atoms with Gasteiger partial charge in [-0.15, -0.1) is 11.3 Å². The van der Waals surface area contributed by atoms with Gasteiger partial charge in [0.15, 0.2) is 10.6 Å². The fourth-order valence-electron chi connectivity index (χ4n) is 1.18. The number of thiophene rings is 1. The zero-order valence-electron chi connectivity index (χ0n) is 7.65. The van der Waals surface area contributed by atoms with E-state index in [2.05, 4.69) is 32.3 Å². The van der Waals surface area contributed by atoms with Crippen molar-refractivity contribution in [2.24, 2.45) is 0 Å². The first-order valence-electron chi connectivity index (χ1n) is 3.99. The maximum Gasteiger partial charge on any atom is 0.351 e. The molecule has 0 atom stereocenters. The average molecular weight is 335 g/mol. The van der Waals surface area contributed by atoms with Crippen molar-refractivity contribution in [1.82, 2.24) is 4.98 Å². The Hall–Kier alpha value is -0.890. The maximum atomic E-state index is 11.3. The van der Waals surface area contributed by atoms with Crippen molar-refractivity contribution in [3.05, 3.63) is 20.7 Å². The molecule has 4 nitrogen and oxygen atoms in total. The standard InChI is InChI=1S/C9H6INO3S/c1-14-9(13)7-6(12)5-2-4(10)3-11-8(5)15-7/h2-3,12H,1H3. The predicted molar refractivity (Wildman–Crippen MR) is 65.3 cm³/mol. The van der Waals surface area contributed by atoms with Gasteiger partial charge in [-0.2, -0.15) is 0 Å². The minimum Gasteiger partial charge on any atom is -0.505 e. The van der Waals surface area contributed by atoms with Crippen molar-refractivity contribution < 1.29 is 14.6 Å². The number of methoxy groups -OCH3 is 1. The Bertz CT molecular complexity index is 537. The van der Waals surface area contributed by atoms with Crippen molar-refractivity contribution in [3.63, 3.8) is 0 Å². The molecule has 0 bridgehead atoms. The van der Waals surface area contributed by atoms with Gasteiger partial charge in [-0.05, 0) is 28.7 Å². The Morgan fingerprint density at radius 3 is 3.07 bits per heavy atom. The molecule has 0 unspecified atom stereocenters. The van der Waals surface area contributed by atoms with Crippen LogP contribution in [0.4, 0.5) is 0 Å². The van der Waals surface area contributed by atoms with E-state index in [9.17, 15) is 9.90 Å². The zero-order valence-corrected chi connectivity index (χ0v) is 10.6. The van der Waals surface area contributed by atoms with E-state index in [0.29, 0.717) is 10.2 Å². The number of esters is 1.